The standard InChI is InChI=1S/C13H17N5O2/c1-8-9(3-4-14-8)13(19)18-6-10(12(7-18)20-2)11-5-15-17-16-11/h3-5,10,12,14H,6-7H2,1-2H3,(H,15,16,17)/t10-,12+/m0/s1. The Morgan fingerprint density at radius 3 is 2.95 bits per heavy atom. The summed E-state index contributed by atoms with van der Waals surface area (Å²) in [5.74, 6) is 0.0822. The van der Waals surface area contributed by atoms with Gasteiger partial charge in [-0.3, -0.25) is 4.79 Å². The fourth-order valence-corrected chi connectivity index (χ4v) is 2.71. The van der Waals surface area contributed by atoms with Gasteiger partial charge in [-0.1, -0.05) is 0 Å². The maximum Gasteiger partial charge on any atom is 0.255 e. The van der Waals surface area contributed by atoms with Crippen molar-refractivity contribution < 1.29 is 9.53 Å². The van der Waals surface area contributed by atoms with Crippen LogP contribution in [0.1, 0.15) is 27.7 Å². The number of rotatable bonds is 3. The quantitative estimate of drug-likeness (QED) is 0.863. The highest BCUT2D eigenvalue weighted by Gasteiger charge is 2.38. The van der Waals surface area contributed by atoms with Crippen LogP contribution < -0.4 is 0 Å². The Kier molecular flexibility index (Phi) is 3.27. The van der Waals surface area contributed by atoms with E-state index in [0.29, 0.717) is 18.7 Å². The average molecular weight is 275 g/mol. The van der Waals surface area contributed by atoms with E-state index in [4.69, 9.17) is 4.74 Å². The molecule has 0 saturated carbocycles. The lowest BCUT2D eigenvalue weighted by Crippen LogP contribution is -2.30. The minimum Gasteiger partial charge on any atom is -0.379 e. The molecule has 0 aliphatic carbocycles. The summed E-state index contributed by atoms with van der Waals surface area (Å²) in [5.41, 5.74) is 2.42. The summed E-state index contributed by atoms with van der Waals surface area (Å²) in [6.45, 7) is 3.05. The van der Waals surface area contributed by atoms with E-state index in [1.165, 1.54) is 0 Å². The molecule has 20 heavy (non-hydrogen) atoms. The molecule has 0 unspecified atom stereocenters. The SMILES string of the molecule is CO[C@@H]1CN(C(=O)c2cc[nH]c2C)C[C@H]1c1cn[nH]n1. The molecule has 1 aliphatic heterocycles. The number of nitrogens with one attached hydrogen (secondary N) is 2. The highest BCUT2D eigenvalue weighted by atomic mass is 16.5. The van der Waals surface area contributed by atoms with E-state index in [-0.39, 0.29) is 17.9 Å². The van der Waals surface area contributed by atoms with Crippen molar-refractivity contribution in [2.75, 3.05) is 20.2 Å². The van der Waals surface area contributed by atoms with Crippen molar-refractivity contribution in [3.05, 3.63) is 35.4 Å². The first-order valence-corrected chi connectivity index (χ1v) is 6.52. The number of H-pyrrole nitrogens is 2. The van der Waals surface area contributed by atoms with Gasteiger partial charge >= 0.3 is 0 Å². The van der Waals surface area contributed by atoms with E-state index in [9.17, 15) is 4.79 Å². The molecule has 3 heterocycles. The molecule has 1 aliphatic rings. The predicted molar refractivity (Wildman–Crippen MR) is 71.4 cm³/mol. The zero-order valence-corrected chi connectivity index (χ0v) is 11.5. The summed E-state index contributed by atoms with van der Waals surface area (Å²) >= 11 is 0. The lowest BCUT2D eigenvalue weighted by molar-refractivity contribution is 0.0714. The summed E-state index contributed by atoms with van der Waals surface area (Å²) in [4.78, 5) is 17.4. The van der Waals surface area contributed by atoms with E-state index < -0.39 is 0 Å². The van der Waals surface area contributed by atoms with Gasteiger partial charge in [-0.2, -0.15) is 15.4 Å². The molecule has 7 heteroatoms. The molecule has 2 N–H and O–H groups in total. The summed E-state index contributed by atoms with van der Waals surface area (Å²) in [7, 11) is 1.66. The topological polar surface area (TPSA) is 86.9 Å². The van der Waals surface area contributed by atoms with Crippen molar-refractivity contribution in [1.29, 1.82) is 0 Å². The van der Waals surface area contributed by atoms with Gasteiger partial charge in [0.25, 0.3) is 5.91 Å². The second-order valence-electron chi connectivity index (χ2n) is 5.00. The number of aromatic amines is 2. The van der Waals surface area contributed by atoms with Crippen molar-refractivity contribution in [2.24, 2.45) is 0 Å². The number of likely N-dealkylation sites (tertiary alicyclic amines) is 1. The molecule has 2 aromatic heterocycles. The van der Waals surface area contributed by atoms with Gasteiger partial charge in [0.2, 0.25) is 0 Å². The zero-order valence-electron chi connectivity index (χ0n) is 11.5. The number of ether oxygens (including phenoxy) is 1. The van der Waals surface area contributed by atoms with Crippen LogP contribution in [0, 0.1) is 6.92 Å². The normalized spacial score (nSPS) is 22.4. The van der Waals surface area contributed by atoms with Crippen LogP contribution >= 0.6 is 0 Å². The van der Waals surface area contributed by atoms with Gasteiger partial charge in [0.15, 0.2) is 0 Å². The number of methoxy groups -OCH3 is 1. The average Bonchev–Trinajstić information content (AvgIpc) is 3.17. The summed E-state index contributed by atoms with van der Waals surface area (Å²) in [6, 6.07) is 1.81. The number of amides is 1. The first-order valence-electron chi connectivity index (χ1n) is 6.52. The lowest BCUT2D eigenvalue weighted by Gasteiger charge is -2.15. The van der Waals surface area contributed by atoms with Crippen LogP contribution in [0.5, 0.6) is 0 Å². The third-order valence-electron chi connectivity index (χ3n) is 3.85. The van der Waals surface area contributed by atoms with Crippen molar-refractivity contribution in [3.63, 3.8) is 0 Å². The molecule has 7 nitrogen and oxygen atoms in total. The van der Waals surface area contributed by atoms with E-state index in [0.717, 1.165) is 11.4 Å². The monoisotopic (exact) mass is 275 g/mol. The van der Waals surface area contributed by atoms with Gasteiger partial charge < -0.3 is 14.6 Å². The largest absolute Gasteiger partial charge is 0.379 e. The van der Waals surface area contributed by atoms with Crippen molar-refractivity contribution in [2.45, 2.75) is 18.9 Å². The van der Waals surface area contributed by atoms with Crippen LogP contribution in [0.2, 0.25) is 0 Å². The molecule has 1 fully saturated rings. The number of aryl methyl sites for hydroxylation is 1. The molecule has 0 spiro atoms. The zero-order chi connectivity index (χ0) is 14.1. The molecule has 2 aromatic rings. The predicted octanol–water partition coefficient (Wildman–Crippen LogP) is 0.696. The lowest BCUT2D eigenvalue weighted by atomic mass is 10.0. The van der Waals surface area contributed by atoms with E-state index >= 15 is 0 Å². The van der Waals surface area contributed by atoms with Crippen LogP contribution in [0.3, 0.4) is 0 Å². The molecular weight excluding hydrogens is 258 g/mol. The Morgan fingerprint density at radius 2 is 2.35 bits per heavy atom. The number of aromatic nitrogens is 4. The number of carbonyl (C=O) groups excluding carboxylic acids is 1. The van der Waals surface area contributed by atoms with E-state index in [2.05, 4.69) is 20.4 Å². The van der Waals surface area contributed by atoms with E-state index in [1.54, 1.807) is 19.5 Å². The van der Waals surface area contributed by atoms with Crippen LogP contribution in [-0.4, -0.2) is 57.5 Å². The maximum absolute atomic E-state index is 12.5. The smallest absolute Gasteiger partial charge is 0.255 e. The summed E-state index contributed by atoms with van der Waals surface area (Å²) in [5, 5.41) is 10.5. The second-order valence-corrected chi connectivity index (χ2v) is 5.00. The van der Waals surface area contributed by atoms with Crippen LogP contribution in [-0.2, 0) is 4.74 Å². The molecule has 106 valence electrons. The highest BCUT2D eigenvalue weighted by molar-refractivity contribution is 5.95. The molecule has 3 rings (SSSR count). The fourth-order valence-electron chi connectivity index (χ4n) is 2.71. The number of hydrogen-bond acceptors (Lipinski definition) is 4. The number of hydrogen-bond donors (Lipinski definition) is 2. The molecular formula is C13H17N5O2. The van der Waals surface area contributed by atoms with Gasteiger partial charge in [-0.15, -0.1) is 0 Å². The number of nitrogens with zero attached hydrogens (tertiary/aromatic N) is 3. The van der Waals surface area contributed by atoms with Gasteiger partial charge in [-0.25, -0.2) is 0 Å². The Bertz CT molecular complexity index is 592. The molecule has 2 atom stereocenters. The van der Waals surface area contributed by atoms with Crippen molar-refractivity contribution in [1.82, 2.24) is 25.3 Å². The Balaban J connectivity index is 1.80. The summed E-state index contributed by atoms with van der Waals surface area (Å²) in [6.07, 6.45) is 3.41. The minimum atomic E-state index is -0.0525. The van der Waals surface area contributed by atoms with Gasteiger partial charge in [0, 0.05) is 32.1 Å². The van der Waals surface area contributed by atoms with Crippen LogP contribution in [0.15, 0.2) is 18.5 Å². The molecule has 1 saturated heterocycles. The summed E-state index contributed by atoms with van der Waals surface area (Å²) < 4.78 is 5.49. The molecule has 0 radical (unpaired) electrons. The third-order valence-corrected chi connectivity index (χ3v) is 3.85. The second kappa shape index (κ2) is 5.09. The Labute approximate surface area is 116 Å². The minimum absolute atomic E-state index is 0.0248. The maximum atomic E-state index is 12.5. The molecule has 1 amide bonds. The van der Waals surface area contributed by atoms with Gasteiger partial charge in [-0.05, 0) is 13.0 Å². The Hall–Kier alpha value is -2.15. The van der Waals surface area contributed by atoms with Crippen molar-refractivity contribution >= 4 is 5.91 Å². The van der Waals surface area contributed by atoms with Crippen LogP contribution in [0.4, 0.5) is 0 Å². The molecule has 0 bridgehead atoms. The number of carbonyl (C=O) groups is 1. The van der Waals surface area contributed by atoms with Gasteiger partial charge in [0.05, 0.1) is 29.5 Å². The van der Waals surface area contributed by atoms with E-state index in [1.807, 2.05) is 17.9 Å². The highest BCUT2D eigenvalue weighted by Crippen LogP contribution is 2.29. The fraction of sp³-hybridized carbons (Fsp3) is 0.462. The van der Waals surface area contributed by atoms with Crippen LogP contribution in [0.25, 0.3) is 0 Å². The third kappa shape index (κ3) is 2.09. The van der Waals surface area contributed by atoms with Gasteiger partial charge in [0.1, 0.15) is 0 Å². The Morgan fingerprint density at radius 1 is 1.50 bits per heavy atom. The first-order chi connectivity index (χ1) is 9.70. The van der Waals surface area contributed by atoms with Crippen molar-refractivity contribution in [3.8, 4) is 0 Å². The molecule has 0 aromatic carbocycles. The first kappa shape index (κ1) is 12.9.